The van der Waals surface area contributed by atoms with Gasteiger partial charge in [-0.3, -0.25) is 4.79 Å². The second-order valence-electron chi connectivity index (χ2n) is 7.69. The van der Waals surface area contributed by atoms with Crippen molar-refractivity contribution in [3.05, 3.63) is 81.7 Å². The Hall–Kier alpha value is -3.65. The number of hydrogen-bond donors (Lipinski definition) is 1. The summed E-state index contributed by atoms with van der Waals surface area (Å²) in [6.45, 7) is 3.11. The van der Waals surface area contributed by atoms with Crippen LogP contribution < -0.4 is 15.1 Å². The first-order valence-electron chi connectivity index (χ1n) is 10.7. The van der Waals surface area contributed by atoms with E-state index < -0.39 is 0 Å². The Morgan fingerprint density at radius 1 is 1.12 bits per heavy atom. The number of hydrogen-bond acceptors (Lipinski definition) is 6. The van der Waals surface area contributed by atoms with E-state index in [4.69, 9.17) is 16.3 Å². The van der Waals surface area contributed by atoms with Crippen LogP contribution in [0.2, 0.25) is 5.02 Å². The Labute approximate surface area is 196 Å². The summed E-state index contributed by atoms with van der Waals surface area (Å²) in [5.41, 5.74) is 3.45. The predicted octanol–water partition coefficient (Wildman–Crippen LogP) is 4.49. The SMILES string of the molecule is CCCCOc1cn(-c2ccc(-c3nnn[nH]3)cc2)c(CN(C)c2ccc(Cl)cc2)cc1=O. The molecule has 2 heterocycles. The molecule has 9 heteroatoms. The number of nitrogens with zero attached hydrogens (tertiary/aromatic N) is 5. The minimum Gasteiger partial charge on any atom is -0.488 e. The van der Waals surface area contributed by atoms with Crippen molar-refractivity contribution in [3.8, 4) is 22.8 Å². The van der Waals surface area contributed by atoms with Crippen molar-refractivity contribution >= 4 is 17.3 Å². The average molecular weight is 465 g/mol. The van der Waals surface area contributed by atoms with Crippen molar-refractivity contribution in [2.24, 2.45) is 0 Å². The fraction of sp³-hybridized carbons (Fsp3) is 0.250. The molecular formula is C24H25ClN6O2. The maximum absolute atomic E-state index is 12.8. The highest BCUT2D eigenvalue weighted by atomic mass is 35.5. The van der Waals surface area contributed by atoms with Gasteiger partial charge in [0.2, 0.25) is 5.43 Å². The molecule has 0 amide bonds. The number of benzene rings is 2. The van der Waals surface area contributed by atoms with Gasteiger partial charge in [-0.1, -0.05) is 24.9 Å². The lowest BCUT2D eigenvalue weighted by molar-refractivity contribution is 0.304. The van der Waals surface area contributed by atoms with Crippen LogP contribution in [-0.4, -0.2) is 38.8 Å². The number of aromatic nitrogens is 5. The van der Waals surface area contributed by atoms with Crippen LogP contribution in [0.15, 0.2) is 65.6 Å². The van der Waals surface area contributed by atoms with Crippen molar-refractivity contribution in [2.75, 3.05) is 18.6 Å². The minimum atomic E-state index is -0.133. The number of tetrazole rings is 1. The molecule has 1 N–H and O–H groups in total. The van der Waals surface area contributed by atoms with Gasteiger partial charge in [-0.05, 0) is 65.4 Å². The molecule has 0 aliphatic carbocycles. The van der Waals surface area contributed by atoms with Gasteiger partial charge in [0.1, 0.15) is 0 Å². The standard InChI is InChI=1S/C24H25ClN6O2/c1-3-4-13-33-23-16-31(20-9-5-17(6-10-20)24-26-28-29-27-24)21(14-22(23)32)15-30(2)19-11-7-18(25)8-12-19/h5-12,14,16H,3-4,13,15H2,1-2H3,(H,26,27,28,29). The third kappa shape index (κ3) is 5.40. The predicted molar refractivity (Wildman–Crippen MR) is 129 cm³/mol. The van der Waals surface area contributed by atoms with Gasteiger partial charge in [-0.15, -0.1) is 5.10 Å². The van der Waals surface area contributed by atoms with Gasteiger partial charge >= 0.3 is 0 Å². The molecule has 0 fully saturated rings. The third-order valence-electron chi connectivity index (χ3n) is 5.28. The first-order valence-corrected chi connectivity index (χ1v) is 11.1. The number of rotatable bonds is 9. The Bertz CT molecular complexity index is 1240. The Morgan fingerprint density at radius 3 is 2.55 bits per heavy atom. The molecule has 4 aromatic rings. The smallest absolute Gasteiger partial charge is 0.223 e. The zero-order valence-electron chi connectivity index (χ0n) is 18.5. The highest BCUT2D eigenvalue weighted by molar-refractivity contribution is 6.30. The molecule has 4 rings (SSSR count). The molecule has 2 aromatic heterocycles. The van der Waals surface area contributed by atoms with Gasteiger partial charge in [-0.25, -0.2) is 5.10 Å². The highest BCUT2D eigenvalue weighted by Crippen LogP contribution is 2.22. The van der Waals surface area contributed by atoms with E-state index in [1.807, 2.05) is 60.1 Å². The number of anilines is 1. The van der Waals surface area contributed by atoms with Gasteiger partial charge in [0.25, 0.3) is 0 Å². The average Bonchev–Trinajstić information content (AvgIpc) is 3.36. The summed E-state index contributed by atoms with van der Waals surface area (Å²) < 4.78 is 7.77. The zero-order chi connectivity index (χ0) is 23.2. The van der Waals surface area contributed by atoms with E-state index in [9.17, 15) is 4.79 Å². The molecule has 0 unspecified atom stereocenters. The number of ether oxygens (including phenoxy) is 1. The van der Waals surface area contributed by atoms with Gasteiger partial charge in [0.05, 0.1) is 19.3 Å². The fourth-order valence-corrected chi connectivity index (χ4v) is 3.57. The molecule has 2 aromatic carbocycles. The van der Waals surface area contributed by atoms with E-state index >= 15 is 0 Å². The number of aromatic amines is 1. The van der Waals surface area contributed by atoms with E-state index in [1.165, 1.54) is 0 Å². The molecule has 0 saturated carbocycles. The Balaban J connectivity index is 1.69. The van der Waals surface area contributed by atoms with E-state index in [-0.39, 0.29) is 5.43 Å². The van der Waals surface area contributed by atoms with Gasteiger partial charge in [-0.2, -0.15) is 0 Å². The van der Waals surface area contributed by atoms with Crippen LogP contribution in [0, 0.1) is 0 Å². The first kappa shape index (κ1) is 22.5. The molecule has 0 aliphatic heterocycles. The van der Waals surface area contributed by atoms with E-state index in [1.54, 1.807) is 12.3 Å². The second kappa shape index (κ2) is 10.3. The first-order chi connectivity index (χ1) is 16.0. The van der Waals surface area contributed by atoms with Gasteiger partial charge < -0.3 is 14.2 Å². The highest BCUT2D eigenvalue weighted by Gasteiger charge is 2.13. The lowest BCUT2D eigenvalue weighted by Crippen LogP contribution is -2.22. The van der Waals surface area contributed by atoms with Crippen LogP contribution in [0.4, 0.5) is 5.69 Å². The summed E-state index contributed by atoms with van der Waals surface area (Å²) in [4.78, 5) is 14.9. The molecule has 170 valence electrons. The summed E-state index contributed by atoms with van der Waals surface area (Å²) in [6.07, 6.45) is 3.66. The quantitative estimate of drug-likeness (QED) is 0.367. The summed E-state index contributed by atoms with van der Waals surface area (Å²) in [5, 5.41) is 14.6. The molecule has 0 atom stereocenters. The third-order valence-corrected chi connectivity index (χ3v) is 5.53. The van der Waals surface area contributed by atoms with Gasteiger partial charge in [0.15, 0.2) is 11.6 Å². The van der Waals surface area contributed by atoms with Crippen LogP contribution in [0.1, 0.15) is 25.5 Å². The molecule has 0 saturated heterocycles. The number of unbranched alkanes of at least 4 members (excludes halogenated alkanes) is 1. The van der Waals surface area contributed by atoms with Crippen LogP contribution >= 0.6 is 11.6 Å². The summed E-state index contributed by atoms with van der Waals surface area (Å²) >= 11 is 6.03. The Kier molecular flexibility index (Phi) is 7.04. The normalized spacial score (nSPS) is 10.9. The van der Waals surface area contributed by atoms with Crippen molar-refractivity contribution in [2.45, 2.75) is 26.3 Å². The topological polar surface area (TPSA) is 88.9 Å². The molecule has 0 bridgehead atoms. The molecule has 33 heavy (non-hydrogen) atoms. The number of pyridine rings is 1. The number of nitrogens with one attached hydrogen (secondary N) is 1. The van der Waals surface area contributed by atoms with Crippen molar-refractivity contribution in [1.82, 2.24) is 25.2 Å². The lowest BCUT2D eigenvalue weighted by atomic mass is 10.2. The van der Waals surface area contributed by atoms with Crippen LogP contribution in [0.5, 0.6) is 5.75 Å². The number of halogens is 1. The minimum absolute atomic E-state index is 0.133. The van der Waals surface area contributed by atoms with Crippen molar-refractivity contribution < 1.29 is 4.74 Å². The van der Waals surface area contributed by atoms with E-state index in [0.29, 0.717) is 29.7 Å². The molecule has 0 aliphatic rings. The second-order valence-corrected chi connectivity index (χ2v) is 8.13. The molecule has 8 nitrogen and oxygen atoms in total. The summed E-state index contributed by atoms with van der Waals surface area (Å²) in [5.74, 6) is 0.928. The van der Waals surface area contributed by atoms with Crippen molar-refractivity contribution in [1.29, 1.82) is 0 Å². The van der Waals surface area contributed by atoms with E-state index in [0.717, 1.165) is 35.5 Å². The summed E-state index contributed by atoms with van der Waals surface area (Å²) in [7, 11) is 1.98. The van der Waals surface area contributed by atoms with Gasteiger partial charge in [0, 0.05) is 40.8 Å². The van der Waals surface area contributed by atoms with Crippen LogP contribution in [0.3, 0.4) is 0 Å². The van der Waals surface area contributed by atoms with Crippen molar-refractivity contribution in [3.63, 3.8) is 0 Å². The largest absolute Gasteiger partial charge is 0.488 e. The monoisotopic (exact) mass is 464 g/mol. The van der Waals surface area contributed by atoms with Crippen LogP contribution in [0.25, 0.3) is 17.1 Å². The molecular weight excluding hydrogens is 440 g/mol. The lowest BCUT2D eigenvalue weighted by Gasteiger charge is -2.23. The van der Waals surface area contributed by atoms with E-state index in [2.05, 4.69) is 32.4 Å². The fourth-order valence-electron chi connectivity index (χ4n) is 3.44. The Morgan fingerprint density at radius 2 is 1.88 bits per heavy atom. The molecule has 0 radical (unpaired) electrons. The maximum atomic E-state index is 12.8. The van der Waals surface area contributed by atoms with Crippen LogP contribution in [-0.2, 0) is 6.54 Å². The zero-order valence-corrected chi connectivity index (χ0v) is 19.3. The number of H-pyrrole nitrogens is 1. The maximum Gasteiger partial charge on any atom is 0.223 e. The molecule has 0 spiro atoms. The summed E-state index contributed by atoms with van der Waals surface area (Å²) in [6, 6.07) is 17.0.